The van der Waals surface area contributed by atoms with Crippen LogP contribution in [0.15, 0.2) is 88.1 Å². The molecular weight excluding hydrogens is 548 g/mol. The Balaban J connectivity index is 1.83. The maximum absolute atomic E-state index is 13.1. The van der Waals surface area contributed by atoms with Gasteiger partial charge >= 0.3 is 17.6 Å². The molecule has 0 aliphatic heterocycles. The summed E-state index contributed by atoms with van der Waals surface area (Å²) in [6.07, 6.45) is 3.44. The lowest BCUT2D eigenvalue weighted by atomic mass is 9.96. The second-order valence-electron chi connectivity index (χ2n) is 10.7. The third-order valence-electron chi connectivity index (χ3n) is 6.70. The molecule has 0 radical (unpaired) electrons. The molecule has 0 saturated heterocycles. The summed E-state index contributed by atoms with van der Waals surface area (Å²) in [5.41, 5.74) is 4.29. The summed E-state index contributed by atoms with van der Waals surface area (Å²) in [6.45, 7) is 16.5. The number of unbranched alkanes of at least 4 members (excludes halogenated alkanes) is 2. The molecule has 0 spiro atoms. The predicted octanol–water partition coefficient (Wildman–Crippen LogP) is 6.62. The van der Waals surface area contributed by atoms with Crippen LogP contribution < -0.4 is 10.4 Å². The number of benzene rings is 2. The van der Waals surface area contributed by atoms with E-state index in [0.29, 0.717) is 59.7 Å². The normalized spacial score (nSPS) is 11.6. The number of aryl methyl sites for hydroxylation is 2. The molecule has 1 atom stereocenters. The van der Waals surface area contributed by atoms with Crippen molar-refractivity contribution in [2.24, 2.45) is 0 Å². The van der Waals surface area contributed by atoms with Gasteiger partial charge in [0.1, 0.15) is 11.3 Å². The molecule has 1 heterocycles. The fourth-order valence-corrected chi connectivity index (χ4v) is 4.28. The van der Waals surface area contributed by atoms with E-state index in [9.17, 15) is 19.5 Å². The average molecular weight is 589 g/mol. The van der Waals surface area contributed by atoms with Crippen LogP contribution in [0.4, 0.5) is 0 Å². The van der Waals surface area contributed by atoms with Gasteiger partial charge in [0.2, 0.25) is 0 Å². The maximum Gasteiger partial charge on any atom is 0.344 e. The lowest BCUT2D eigenvalue weighted by Crippen LogP contribution is -2.13. The van der Waals surface area contributed by atoms with E-state index in [4.69, 9.17) is 18.6 Å². The van der Waals surface area contributed by atoms with Crippen molar-refractivity contribution in [3.63, 3.8) is 0 Å². The number of ether oxygens (including phenoxy) is 3. The van der Waals surface area contributed by atoms with Crippen molar-refractivity contribution in [3.8, 4) is 16.9 Å². The number of fused-ring (bicyclic) bond motifs is 1. The van der Waals surface area contributed by atoms with Crippen molar-refractivity contribution in [1.82, 2.24) is 0 Å². The third kappa shape index (κ3) is 9.91. The molecule has 0 fully saturated rings. The van der Waals surface area contributed by atoms with Gasteiger partial charge in [-0.25, -0.2) is 14.4 Å². The lowest BCUT2D eigenvalue weighted by molar-refractivity contribution is -0.139. The Bertz CT molecular complexity index is 1540. The number of hydrogen-bond donors (Lipinski definition) is 1. The number of esters is 2. The summed E-state index contributed by atoms with van der Waals surface area (Å²) < 4.78 is 21.7. The first-order valence-electron chi connectivity index (χ1n) is 14.3. The second kappa shape index (κ2) is 15.8. The largest absolute Gasteiger partial charge is 0.462 e. The Morgan fingerprint density at radius 1 is 0.860 bits per heavy atom. The molecule has 228 valence electrons. The van der Waals surface area contributed by atoms with Crippen molar-refractivity contribution in [2.75, 3.05) is 13.2 Å². The van der Waals surface area contributed by atoms with E-state index in [-0.39, 0.29) is 5.57 Å². The zero-order chi connectivity index (χ0) is 31.5. The molecule has 8 heteroatoms. The smallest absolute Gasteiger partial charge is 0.344 e. The number of aliphatic hydroxyl groups is 1. The van der Waals surface area contributed by atoms with Crippen molar-refractivity contribution in [1.29, 1.82) is 0 Å². The second-order valence-corrected chi connectivity index (χ2v) is 10.7. The summed E-state index contributed by atoms with van der Waals surface area (Å²) in [5, 5.41) is 10.6. The van der Waals surface area contributed by atoms with Crippen molar-refractivity contribution < 1.29 is 33.3 Å². The van der Waals surface area contributed by atoms with Crippen LogP contribution in [-0.4, -0.2) is 36.5 Å². The Hall–Kier alpha value is -4.27. The van der Waals surface area contributed by atoms with E-state index in [1.165, 1.54) is 0 Å². The quantitative estimate of drug-likeness (QED) is 0.0378. The summed E-state index contributed by atoms with van der Waals surface area (Å²) in [5.74, 6) is -0.581. The molecule has 2 aromatic carbocycles. The van der Waals surface area contributed by atoms with Crippen LogP contribution in [0.3, 0.4) is 0 Å². The molecule has 0 amide bonds. The molecule has 0 bridgehead atoms. The zero-order valence-electron chi connectivity index (χ0n) is 25.2. The molecule has 0 saturated carbocycles. The van der Waals surface area contributed by atoms with Gasteiger partial charge in [-0.3, -0.25) is 0 Å². The minimum Gasteiger partial charge on any atom is -0.462 e. The molecule has 1 N–H and O–H groups in total. The number of aliphatic hydroxyl groups excluding tert-OH is 1. The summed E-state index contributed by atoms with van der Waals surface area (Å²) in [4.78, 5) is 36.6. The topological polar surface area (TPSA) is 112 Å². The summed E-state index contributed by atoms with van der Waals surface area (Å²) in [7, 11) is 0. The summed E-state index contributed by atoms with van der Waals surface area (Å²) in [6, 6.07) is 12.5. The highest BCUT2D eigenvalue weighted by Crippen LogP contribution is 2.28. The van der Waals surface area contributed by atoms with E-state index in [1.54, 1.807) is 45.0 Å². The van der Waals surface area contributed by atoms with Crippen LogP contribution in [-0.2, 0) is 31.9 Å². The maximum atomic E-state index is 13.1. The van der Waals surface area contributed by atoms with Crippen molar-refractivity contribution in [3.05, 3.63) is 100 Å². The fraction of sp³-hybridized carbons (Fsp3) is 0.343. The predicted molar refractivity (Wildman–Crippen MR) is 167 cm³/mol. The Morgan fingerprint density at radius 3 is 2.16 bits per heavy atom. The Labute approximate surface area is 252 Å². The van der Waals surface area contributed by atoms with E-state index >= 15 is 0 Å². The molecular formula is C35H40O8. The molecule has 0 aliphatic rings. The van der Waals surface area contributed by atoms with Gasteiger partial charge in [0.15, 0.2) is 6.29 Å². The molecule has 3 rings (SSSR count). The number of rotatable bonds is 16. The SMILES string of the molecule is C=C(C)C(=O)OCCCCc1cc(CCCCOC(O)C(=C)C)cc2oc(=O)c(-c3ccc(OC(=O)C(=C)C)cc3)cc12. The van der Waals surface area contributed by atoms with E-state index in [2.05, 4.69) is 25.8 Å². The van der Waals surface area contributed by atoms with Gasteiger partial charge < -0.3 is 23.7 Å². The van der Waals surface area contributed by atoms with Gasteiger partial charge in [0.25, 0.3) is 0 Å². The molecule has 1 unspecified atom stereocenters. The van der Waals surface area contributed by atoms with Gasteiger partial charge in [-0.05, 0) is 106 Å². The van der Waals surface area contributed by atoms with Gasteiger partial charge in [0.05, 0.1) is 18.8 Å². The van der Waals surface area contributed by atoms with Crippen LogP contribution in [0, 0.1) is 0 Å². The average Bonchev–Trinajstić information content (AvgIpc) is 2.96. The highest BCUT2D eigenvalue weighted by atomic mass is 16.6. The molecule has 3 aromatic rings. The molecule has 43 heavy (non-hydrogen) atoms. The molecule has 0 aliphatic carbocycles. The van der Waals surface area contributed by atoms with Crippen LogP contribution in [0.25, 0.3) is 22.1 Å². The zero-order valence-corrected chi connectivity index (χ0v) is 25.2. The van der Waals surface area contributed by atoms with Crippen molar-refractivity contribution >= 4 is 22.9 Å². The third-order valence-corrected chi connectivity index (χ3v) is 6.70. The van der Waals surface area contributed by atoms with Gasteiger partial charge in [-0.2, -0.15) is 0 Å². The minimum atomic E-state index is -0.965. The first-order chi connectivity index (χ1) is 20.5. The Kier molecular flexibility index (Phi) is 12.2. The highest BCUT2D eigenvalue weighted by molar-refractivity contribution is 5.89. The number of hydrogen-bond acceptors (Lipinski definition) is 8. The first-order valence-corrected chi connectivity index (χ1v) is 14.3. The van der Waals surface area contributed by atoms with Crippen LogP contribution >= 0.6 is 0 Å². The standard InChI is InChI=1S/C35H40O8/c1-22(2)32(36)40-17-9-7-11-25-19-27(12-8-10-18-41-33(37)23(3)4)29-21-30(35(39)43-31(29)20-25)26-13-15-28(16-14-26)42-34(38)24(5)6/h13-16,19-21,32,36H,1,3,5,7-12,17-18H2,2,4,6H3. The lowest BCUT2D eigenvalue weighted by Gasteiger charge is -2.13. The Morgan fingerprint density at radius 2 is 1.51 bits per heavy atom. The minimum absolute atomic E-state index is 0.287. The number of carbonyl (C=O) groups excluding carboxylic acids is 2. The molecule has 1 aromatic heterocycles. The van der Waals surface area contributed by atoms with Crippen LogP contribution in [0.1, 0.15) is 57.6 Å². The number of carbonyl (C=O) groups is 2. The van der Waals surface area contributed by atoms with Crippen LogP contribution in [0.5, 0.6) is 5.75 Å². The summed E-state index contributed by atoms with van der Waals surface area (Å²) >= 11 is 0. The van der Waals surface area contributed by atoms with E-state index in [0.717, 1.165) is 42.2 Å². The molecule has 8 nitrogen and oxygen atoms in total. The van der Waals surface area contributed by atoms with E-state index < -0.39 is 23.9 Å². The van der Waals surface area contributed by atoms with Gasteiger partial charge in [-0.1, -0.05) is 37.9 Å². The van der Waals surface area contributed by atoms with Gasteiger partial charge in [0, 0.05) is 16.5 Å². The highest BCUT2D eigenvalue weighted by Gasteiger charge is 2.14. The fourth-order valence-electron chi connectivity index (χ4n) is 4.28. The van der Waals surface area contributed by atoms with Crippen LogP contribution in [0.2, 0.25) is 0 Å². The van der Waals surface area contributed by atoms with Gasteiger partial charge in [-0.15, -0.1) is 0 Å². The first kappa shape index (κ1) is 33.2. The monoisotopic (exact) mass is 588 g/mol. The van der Waals surface area contributed by atoms with Crippen molar-refractivity contribution in [2.45, 2.75) is 65.6 Å². The van der Waals surface area contributed by atoms with E-state index in [1.807, 2.05) is 12.1 Å².